The first-order valence-corrected chi connectivity index (χ1v) is 12.1. The van der Waals surface area contributed by atoms with Crippen molar-refractivity contribution in [3.63, 3.8) is 0 Å². The van der Waals surface area contributed by atoms with Gasteiger partial charge in [-0.05, 0) is 72.7 Å². The largest absolute Gasteiger partial charge is 0.398 e. The molecule has 0 spiro atoms. The number of fused-ring (bicyclic) bond motifs is 1. The molecule has 5 rings (SSSR count). The fourth-order valence-electron chi connectivity index (χ4n) is 5.72. The average molecular weight is 456 g/mol. The van der Waals surface area contributed by atoms with Crippen molar-refractivity contribution < 1.29 is 0 Å². The Hall–Kier alpha value is -3.18. The predicted octanol–water partition coefficient (Wildman–Crippen LogP) is 2.97. The molecule has 2 fully saturated rings. The maximum atomic E-state index is 9.26. The van der Waals surface area contributed by atoms with E-state index in [1.807, 2.05) is 42.5 Å². The van der Waals surface area contributed by atoms with Crippen LogP contribution in [0.4, 0.5) is 5.69 Å². The summed E-state index contributed by atoms with van der Waals surface area (Å²) in [6, 6.07) is 15.9. The number of nitrogens with zero attached hydrogens (tertiary/aromatic N) is 3. The molecule has 4 unspecified atom stereocenters. The highest BCUT2D eigenvalue weighted by atomic mass is 15.5. The van der Waals surface area contributed by atoms with E-state index in [1.54, 1.807) is 0 Å². The van der Waals surface area contributed by atoms with Gasteiger partial charge in [-0.25, -0.2) is 0 Å². The van der Waals surface area contributed by atoms with Crippen molar-refractivity contribution in [1.29, 1.82) is 10.7 Å². The minimum absolute atomic E-state index is 0.0383. The molecular weight excluding hydrogens is 422 g/mol. The van der Waals surface area contributed by atoms with Crippen LogP contribution in [0.3, 0.4) is 0 Å². The van der Waals surface area contributed by atoms with Crippen molar-refractivity contribution in [2.45, 2.75) is 25.2 Å². The lowest BCUT2D eigenvalue weighted by atomic mass is 9.90. The van der Waals surface area contributed by atoms with E-state index < -0.39 is 0 Å². The highest BCUT2D eigenvalue weighted by molar-refractivity contribution is 5.87. The molecule has 0 amide bonds. The summed E-state index contributed by atoms with van der Waals surface area (Å²) in [7, 11) is 2.13. The molecule has 2 aromatic rings. The van der Waals surface area contributed by atoms with Gasteiger partial charge in [0.05, 0.1) is 17.7 Å². The third-order valence-electron chi connectivity index (χ3n) is 7.70. The molecule has 5 N–H and O–H groups in total. The van der Waals surface area contributed by atoms with Gasteiger partial charge in [0.25, 0.3) is 0 Å². The number of nitrogens with two attached hydrogens (primary N) is 1. The van der Waals surface area contributed by atoms with Crippen molar-refractivity contribution in [2.75, 3.05) is 39.0 Å². The zero-order valence-electron chi connectivity index (χ0n) is 19.7. The number of anilines is 1. The summed E-state index contributed by atoms with van der Waals surface area (Å²) in [5.41, 5.74) is 11.5. The Balaban J connectivity index is 1.48. The number of hydrogen-bond donors (Lipinski definition) is 4. The van der Waals surface area contributed by atoms with E-state index in [1.165, 1.54) is 19.1 Å². The summed E-state index contributed by atoms with van der Waals surface area (Å²) in [6.45, 7) is 4.46. The standard InChI is InChI=1S/C27H33N7/c1-33-17-24(20-6-7-21(14-29)25(30)12-20)26(19-4-2-18(13-28)3-5-19)32-27(33)34-10-8-22-15-31-16-23(22)9-11-34/h2-7,12,14,17,22-23,26-27,29,31-32H,8-11,15-16,30H2,1H3. The first-order valence-electron chi connectivity index (χ1n) is 12.1. The second kappa shape index (κ2) is 9.59. The number of hydrogen-bond acceptors (Lipinski definition) is 7. The summed E-state index contributed by atoms with van der Waals surface area (Å²) in [6.07, 6.45) is 6.06. The van der Waals surface area contributed by atoms with Crippen molar-refractivity contribution in [2.24, 2.45) is 11.8 Å². The van der Waals surface area contributed by atoms with Crippen molar-refractivity contribution in [3.8, 4) is 6.07 Å². The van der Waals surface area contributed by atoms with Crippen LogP contribution in [0.25, 0.3) is 5.57 Å². The number of benzene rings is 2. The molecule has 2 saturated heterocycles. The Kier molecular flexibility index (Phi) is 6.38. The maximum absolute atomic E-state index is 9.26. The van der Waals surface area contributed by atoms with Crippen LogP contribution in [0, 0.1) is 28.6 Å². The fraction of sp³-hybridized carbons (Fsp3) is 0.407. The van der Waals surface area contributed by atoms with Gasteiger partial charge >= 0.3 is 0 Å². The Bertz CT molecular complexity index is 1100. The minimum atomic E-state index is -0.0383. The van der Waals surface area contributed by atoms with E-state index in [0.717, 1.165) is 60.3 Å². The molecule has 0 bridgehead atoms. The normalized spacial score (nSPS) is 27.4. The van der Waals surface area contributed by atoms with E-state index in [9.17, 15) is 5.26 Å². The number of nitriles is 1. The van der Waals surface area contributed by atoms with Gasteiger partial charge in [-0.2, -0.15) is 5.26 Å². The molecule has 3 aliphatic heterocycles. The molecule has 3 aliphatic rings. The highest BCUT2D eigenvalue weighted by Gasteiger charge is 2.36. The summed E-state index contributed by atoms with van der Waals surface area (Å²) in [4.78, 5) is 4.85. The Morgan fingerprint density at radius 1 is 1.09 bits per heavy atom. The van der Waals surface area contributed by atoms with Crippen LogP contribution in [0.5, 0.6) is 0 Å². The van der Waals surface area contributed by atoms with Gasteiger partial charge in [0.1, 0.15) is 6.29 Å². The van der Waals surface area contributed by atoms with Crippen LogP contribution in [0.1, 0.15) is 41.1 Å². The van der Waals surface area contributed by atoms with E-state index in [2.05, 4.69) is 39.8 Å². The molecule has 0 saturated carbocycles. The molecule has 34 heavy (non-hydrogen) atoms. The summed E-state index contributed by atoms with van der Waals surface area (Å²) in [5, 5.41) is 24.3. The third kappa shape index (κ3) is 4.32. The monoisotopic (exact) mass is 455 g/mol. The van der Waals surface area contributed by atoms with Crippen LogP contribution in [0.2, 0.25) is 0 Å². The molecule has 0 aromatic heterocycles. The third-order valence-corrected chi connectivity index (χ3v) is 7.70. The van der Waals surface area contributed by atoms with Crippen LogP contribution < -0.4 is 16.4 Å². The SMILES string of the molecule is CN1C=C(c2ccc(C=N)c(N)c2)C(c2ccc(C#N)cc2)NC1N1CCC2CNCC2CC1. The van der Waals surface area contributed by atoms with Crippen molar-refractivity contribution >= 4 is 17.5 Å². The number of rotatable bonds is 4. The molecule has 176 valence electrons. The summed E-state index contributed by atoms with van der Waals surface area (Å²) in [5.74, 6) is 1.57. The van der Waals surface area contributed by atoms with Gasteiger partial charge < -0.3 is 21.4 Å². The summed E-state index contributed by atoms with van der Waals surface area (Å²) < 4.78 is 0. The molecule has 0 radical (unpaired) electrons. The van der Waals surface area contributed by atoms with Crippen molar-refractivity contribution in [1.82, 2.24) is 20.4 Å². The Morgan fingerprint density at radius 3 is 2.41 bits per heavy atom. The van der Waals surface area contributed by atoms with Crippen LogP contribution in [0.15, 0.2) is 48.7 Å². The van der Waals surface area contributed by atoms with Gasteiger partial charge in [-0.3, -0.25) is 10.2 Å². The lowest BCUT2D eigenvalue weighted by Gasteiger charge is -2.44. The fourth-order valence-corrected chi connectivity index (χ4v) is 5.72. The van der Waals surface area contributed by atoms with Crippen LogP contribution in [-0.2, 0) is 0 Å². The van der Waals surface area contributed by atoms with E-state index in [4.69, 9.17) is 11.1 Å². The second-order valence-electron chi connectivity index (χ2n) is 9.74. The Labute approximate surface area is 201 Å². The van der Waals surface area contributed by atoms with Gasteiger partial charge in [-0.15, -0.1) is 0 Å². The lowest BCUT2D eigenvalue weighted by Crippen LogP contribution is -2.57. The molecule has 0 aliphatic carbocycles. The predicted molar refractivity (Wildman–Crippen MR) is 136 cm³/mol. The first-order chi connectivity index (χ1) is 16.6. The minimum Gasteiger partial charge on any atom is -0.398 e. The van der Waals surface area contributed by atoms with Crippen LogP contribution in [-0.4, -0.2) is 55.5 Å². The van der Waals surface area contributed by atoms with Gasteiger partial charge in [0, 0.05) is 43.8 Å². The molecule has 3 heterocycles. The zero-order valence-corrected chi connectivity index (χ0v) is 19.7. The van der Waals surface area contributed by atoms with E-state index in [-0.39, 0.29) is 12.3 Å². The quantitative estimate of drug-likeness (QED) is 0.417. The zero-order chi connectivity index (χ0) is 23.7. The summed E-state index contributed by atoms with van der Waals surface area (Å²) >= 11 is 0. The number of nitrogens with one attached hydrogen (secondary N) is 3. The average Bonchev–Trinajstić information content (AvgIpc) is 3.22. The van der Waals surface area contributed by atoms with E-state index in [0.29, 0.717) is 11.3 Å². The molecule has 7 nitrogen and oxygen atoms in total. The molecule has 4 atom stereocenters. The molecular formula is C27H33N7. The molecule has 2 aromatic carbocycles. The van der Waals surface area contributed by atoms with Gasteiger partial charge in [-0.1, -0.05) is 24.3 Å². The Morgan fingerprint density at radius 2 is 1.79 bits per heavy atom. The number of likely N-dealkylation sites (tertiary alicyclic amines) is 1. The number of nitrogen functional groups attached to an aromatic ring is 1. The second-order valence-corrected chi connectivity index (χ2v) is 9.74. The van der Waals surface area contributed by atoms with Crippen molar-refractivity contribution in [3.05, 3.63) is 70.9 Å². The van der Waals surface area contributed by atoms with Gasteiger partial charge in [0.2, 0.25) is 0 Å². The first kappa shape index (κ1) is 22.6. The maximum Gasteiger partial charge on any atom is 0.137 e. The van der Waals surface area contributed by atoms with E-state index >= 15 is 0 Å². The molecule has 7 heteroatoms. The smallest absolute Gasteiger partial charge is 0.137 e. The van der Waals surface area contributed by atoms with Crippen LogP contribution >= 0.6 is 0 Å². The van der Waals surface area contributed by atoms with Gasteiger partial charge in [0.15, 0.2) is 0 Å². The topological polar surface area (TPSA) is 104 Å². The lowest BCUT2D eigenvalue weighted by molar-refractivity contribution is 0.0533. The highest BCUT2D eigenvalue weighted by Crippen LogP contribution is 2.37.